The monoisotopic (exact) mass is 906 g/mol. The fourth-order valence-electron chi connectivity index (χ4n) is 10.1. The van der Waals surface area contributed by atoms with E-state index in [1.165, 1.54) is 59.1 Å². The van der Waals surface area contributed by atoms with Crippen LogP contribution < -0.4 is 31.8 Å². The number of phenolic OH excluding ortho intramolecular Hbond substituents is 2. The van der Waals surface area contributed by atoms with Gasteiger partial charge >= 0.3 is 0 Å². The third kappa shape index (κ3) is 7.40. The predicted octanol–water partition coefficient (Wildman–Crippen LogP) is 14.2. The molecule has 2 nitrogen and oxygen atoms in total. The molecule has 0 amide bonds. The zero-order chi connectivity index (χ0) is 45.6. The number of hydrogen-bond acceptors (Lipinski definition) is 2. The minimum atomic E-state index is -1.00. The standard InChI is InChI=1S/C64H44O2P2/c65-57-37-31-43-17-13-15-27-53(43)61(57)62-55-35-29-45(41-47(55)32-38-58(62)66)46-30-36-56-48(42-46)34-40-60(68(51-23-9-3-10-24-51)52-25-11-4-12-26-52)64(56)63-54-28-16-14-18-44(54)33-39-59(63)67(49-19-5-1-6-20-49)50-21-7-2-8-22-50/h1-42,65-66H. The maximum atomic E-state index is 11.4. The van der Waals surface area contributed by atoms with E-state index < -0.39 is 15.8 Å². The molecule has 0 aliphatic heterocycles. The van der Waals surface area contributed by atoms with Crippen molar-refractivity contribution in [1.29, 1.82) is 0 Å². The highest BCUT2D eigenvalue weighted by molar-refractivity contribution is 7.80. The number of phenols is 2. The summed E-state index contributed by atoms with van der Waals surface area (Å²) in [7, 11) is -1.98. The normalized spacial score (nSPS) is 11.6. The van der Waals surface area contributed by atoms with Crippen LogP contribution in [-0.4, -0.2) is 10.2 Å². The van der Waals surface area contributed by atoms with E-state index in [2.05, 4.69) is 206 Å². The highest BCUT2D eigenvalue weighted by Gasteiger charge is 2.28. The van der Waals surface area contributed by atoms with Gasteiger partial charge < -0.3 is 10.2 Å². The van der Waals surface area contributed by atoms with Crippen molar-refractivity contribution in [2.75, 3.05) is 0 Å². The van der Waals surface area contributed by atoms with Crippen molar-refractivity contribution in [3.63, 3.8) is 0 Å². The van der Waals surface area contributed by atoms with Crippen LogP contribution in [0.25, 0.3) is 76.5 Å². The number of fused-ring (bicyclic) bond motifs is 4. The van der Waals surface area contributed by atoms with Crippen LogP contribution in [0.15, 0.2) is 255 Å². The van der Waals surface area contributed by atoms with Crippen LogP contribution in [0.4, 0.5) is 0 Å². The Morgan fingerprint density at radius 2 is 0.544 bits per heavy atom. The predicted molar refractivity (Wildman–Crippen MR) is 294 cm³/mol. The van der Waals surface area contributed by atoms with Gasteiger partial charge in [-0.25, -0.2) is 0 Å². The van der Waals surface area contributed by atoms with Gasteiger partial charge in [0, 0.05) is 11.1 Å². The number of benzene rings is 12. The van der Waals surface area contributed by atoms with E-state index in [0.29, 0.717) is 11.1 Å². The van der Waals surface area contributed by atoms with Crippen molar-refractivity contribution in [2.45, 2.75) is 0 Å². The second kappa shape index (κ2) is 17.7. The third-order valence-corrected chi connectivity index (χ3v) is 18.1. The number of hydrogen-bond donors (Lipinski definition) is 2. The molecule has 0 spiro atoms. The van der Waals surface area contributed by atoms with Crippen LogP contribution in [0, 0.1) is 0 Å². The molecule has 0 fully saturated rings. The summed E-state index contributed by atoms with van der Waals surface area (Å²) < 4.78 is 0. The summed E-state index contributed by atoms with van der Waals surface area (Å²) in [6, 6.07) is 91.4. The lowest BCUT2D eigenvalue weighted by Crippen LogP contribution is -2.26. The summed E-state index contributed by atoms with van der Waals surface area (Å²) in [6.45, 7) is 0. The average molecular weight is 907 g/mol. The molecule has 12 aromatic rings. The van der Waals surface area contributed by atoms with Gasteiger partial charge in [0.15, 0.2) is 0 Å². The Morgan fingerprint density at radius 3 is 0.971 bits per heavy atom. The molecular weight excluding hydrogens is 863 g/mol. The molecule has 0 saturated carbocycles. The van der Waals surface area contributed by atoms with E-state index in [-0.39, 0.29) is 11.5 Å². The van der Waals surface area contributed by atoms with Crippen LogP contribution in [0.5, 0.6) is 11.5 Å². The molecule has 0 heterocycles. The van der Waals surface area contributed by atoms with Gasteiger partial charge in [-0.1, -0.05) is 231 Å². The molecular formula is C64H44O2P2. The molecule has 0 aromatic heterocycles. The summed E-state index contributed by atoms with van der Waals surface area (Å²) in [6.07, 6.45) is 0. The fourth-order valence-corrected chi connectivity index (χ4v) is 15.1. The lowest BCUT2D eigenvalue weighted by atomic mass is 9.90. The lowest BCUT2D eigenvalue weighted by Gasteiger charge is -2.28. The fraction of sp³-hybridized carbons (Fsp3) is 0. The first-order chi connectivity index (χ1) is 33.6. The molecule has 2 N–H and O–H groups in total. The summed E-state index contributed by atoms with van der Waals surface area (Å²) in [5.41, 5.74) is 5.99. The molecule has 0 aliphatic rings. The first kappa shape index (κ1) is 41.6. The Balaban J connectivity index is 1.12. The van der Waals surface area contributed by atoms with E-state index in [9.17, 15) is 10.2 Å². The molecule has 12 rings (SSSR count). The van der Waals surface area contributed by atoms with Crippen LogP contribution in [-0.2, 0) is 0 Å². The summed E-state index contributed by atoms with van der Waals surface area (Å²) in [5, 5.41) is 39.1. The van der Waals surface area contributed by atoms with Gasteiger partial charge in [0.25, 0.3) is 0 Å². The molecule has 68 heavy (non-hydrogen) atoms. The topological polar surface area (TPSA) is 40.5 Å². The van der Waals surface area contributed by atoms with Crippen molar-refractivity contribution in [3.05, 3.63) is 255 Å². The smallest absolute Gasteiger partial charge is 0.124 e. The maximum absolute atomic E-state index is 11.4. The van der Waals surface area contributed by atoms with Crippen molar-refractivity contribution in [3.8, 4) is 44.9 Å². The molecule has 12 aromatic carbocycles. The van der Waals surface area contributed by atoms with Crippen molar-refractivity contribution < 1.29 is 10.2 Å². The van der Waals surface area contributed by atoms with Gasteiger partial charge in [-0.15, -0.1) is 0 Å². The lowest BCUT2D eigenvalue weighted by molar-refractivity contribution is 0.470. The Labute approximate surface area is 398 Å². The van der Waals surface area contributed by atoms with E-state index in [4.69, 9.17) is 0 Å². The van der Waals surface area contributed by atoms with Crippen molar-refractivity contribution in [2.24, 2.45) is 0 Å². The zero-order valence-corrected chi connectivity index (χ0v) is 38.8. The van der Waals surface area contributed by atoms with Crippen molar-refractivity contribution >= 4 is 90.8 Å². The summed E-state index contributed by atoms with van der Waals surface area (Å²) >= 11 is 0. The molecule has 0 radical (unpaired) electrons. The zero-order valence-electron chi connectivity index (χ0n) is 37.0. The van der Waals surface area contributed by atoms with Gasteiger partial charge in [0.05, 0.1) is 0 Å². The SMILES string of the molecule is Oc1ccc2ccccc2c1-c1c(O)ccc2cc(-c3ccc4c(-c5c(P(c6ccccc6)c6ccccc6)ccc6ccccc56)c(P(c5ccccc5)c5ccccc5)ccc4c3)ccc12. The molecule has 4 heteroatoms. The molecule has 0 aliphatic carbocycles. The highest BCUT2D eigenvalue weighted by atomic mass is 31.1. The molecule has 322 valence electrons. The summed E-state index contributed by atoms with van der Waals surface area (Å²) in [4.78, 5) is 0. The summed E-state index contributed by atoms with van der Waals surface area (Å²) in [5.74, 6) is 0.269. The van der Waals surface area contributed by atoms with Crippen LogP contribution in [0.1, 0.15) is 0 Å². The largest absolute Gasteiger partial charge is 0.507 e. The van der Waals surface area contributed by atoms with E-state index in [0.717, 1.165) is 38.1 Å². The van der Waals surface area contributed by atoms with Gasteiger partial charge in [-0.3, -0.25) is 0 Å². The number of aromatic hydroxyl groups is 2. The Morgan fingerprint density at radius 1 is 0.235 bits per heavy atom. The molecule has 0 atom stereocenters. The van der Waals surface area contributed by atoms with Gasteiger partial charge in [0.1, 0.15) is 11.5 Å². The van der Waals surface area contributed by atoms with Gasteiger partial charge in [-0.2, -0.15) is 0 Å². The molecule has 0 bridgehead atoms. The maximum Gasteiger partial charge on any atom is 0.124 e. The molecule has 0 saturated heterocycles. The first-order valence-electron chi connectivity index (χ1n) is 23.0. The average Bonchev–Trinajstić information content (AvgIpc) is 3.40. The van der Waals surface area contributed by atoms with Crippen LogP contribution in [0.2, 0.25) is 0 Å². The Bertz CT molecular complexity index is 3740. The minimum Gasteiger partial charge on any atom is -0.507 e. The van der Waals surface area contributed by atoms with E-state index in [1.807, 2.05) is 36.4 Å². The van der Waals surface area contributed by atoms with Crippen LogP contribution >= 0.6 is 15.8 Å². The second-order valence-electron chi connectivity index (χ2n) is 17.2. The minimum absolute atomic E-state index is 0.132. The first-order valence-corrected chi connectivity index (χ1v) is 25.6. The van der Waals surface area contributed by atoms with Crippen LogP contribution in [0.3, 0.4) is 0 Å². The second-order valence-corrected chi connectivity index (χ2v) is 21.5. The molecule has 0 unspecified atom stereocenters. The van der Waals surface area contributed by atoms with E-state index >= 15 is 0 Å². The van der Waals surface area contributed by atoms with Gasteiger partial charge in [-0.05, 0) is 137 Å². The van der Waals surface area contributed by atoms with Gasteiger partial charge in [0.2, 0.25) is 0 Å². The Hall–Kier alpha value is -7.86. The third-order valence-electron chi connectivity index (χ3n) is 13.2. The van der Waals surface area contributed by atoms with Crippen molar-refractivity contribution in [1.82, 2.24) is 0 Å². The quantitative estimate of drug-likeness (QED) is 0.142. The van der Waals surface area contributed by atoms with E-state index in [1.54, 1.807) is 12.1 Å². The highest BCUT2D eigenvalue weighted by Crippen LogP contribution is 2.48. The Kier molecular flexibility index (Phi) is 10.8. The number of rotatable bonds is 9.